The first-order valence-corrected chi connectivity index (χ1v) is 8.35. The summed E-state index contributed by atoms with van der Waals surface area (Å²) in [4.78, 5) is 29.4. The average Bonchev–Trinajstić information content (AvgIpc) is 2.94. The zero-order valence-corrected chi connectivity index (χ0v) is 14.7. The fourth-order valence-corrected chi connectivity index (χ4v) is 3.00. The van der Waals surface area contributed by atoms with Crippen LogP contribution in [0.25, 0.3) is 5.57 Å². The molecule has 0 radical (unpaired) electrons. The van der Waals surface area contributed by atoms with E-state index in [0.717, 1.165) is 17.0 Å². The monoisotopic (exact) mass is 338 g/mol. The van der Waals surface area contributed by atoms with Crippen molar-refractivity contribution in [2.45, 2.75) is 39.2 Å². The maximum absolute atomic E-state index is 12.0. The van der Waals surface area contributed by atoms with Gasteiger partial charge in [-0.1, -0.05) is 6.08 Å². The molecule has 1 aromatic rings. The molecule has 1 aliphatic heterocycles. The topological polar surface area (TPSA) is 68.7 Å². The molecule has 2 heterocycles. The number of nitrogens with zero attached hydrogens (tertiary/aromatic N) is 2. The molecular formula is C16H22N2O4S. The van der Waals surface area contributed by atoms with Crippen LogP contribution in [0.5, 0.6) is 0 Å². The van der Waals surface area contributed by atoms with Crippen LogP contribution in [0.1, 0.15) is 37.9 Å². The van der Waals surface area contributed by atoms with Crippen molar-refractivity contribution in [1.29, 1.82) is 0 Å². The average molecular weight is 338 g/mol. The molecule has 6 nitrogen and oxygen atoms in total. The van der Waals surface area contributed by atoms with Crippen LogP contribution in [0.15, 0.2) is 11.5 Å². The number of hydrogen-bond acceptors (Lipinski definition) is 6. The Bertz CT molecular complexity index is 616. The highest BCUT2D eigenvalue weighted by Crippen LogP contribution is 2.26. The molecule has 7 heteroatoms. The summed E-state index contributed by atoms with van der Waals surface area (Å²) in [6.07, 6.45) is 2.61. The van der Waals surface area contributed by atoms with Gasteiger partial charge in [0.25, 0.3) is 0 Å². The van der Waals surface area contributed by atoms with Crippen LogP contribution in [0.2, 0.25) is 0 Å². The van der Waals surface area contributed by atoms with E-state index in [0.29, 0.717) is 18.8 Å². The van der Waals surface area contributed by atoms with Crippen molar-refractivity contribution >= 4 is 29.0 Å². The van der Waals surface area contributed by atoms with E-state index in [1.165, 1.54) is 18.4 Å². The molecular weight excluding hydrogens is 316 g/mol. The molecule has 0 N–H and O–H groups in total. The fraction of sp³-hybridized carbons (Fsp3) is 0.562. The number of thiazole rings is 1. The Kier molecular flexibility index (Phi) is 5.41. The Hall–Kier alpha value is -1.89. The van der Waals surface area contributed by atoms with Crippen LogP contribution in [-0.2, 0) is 20.7 Å². The van der Waals surface area contributed by atoms with Gasteiger partial charge in [0.05, 0.1) is 19.2 Å². The Morgan fingerprint density at radius 2 is 2.13 bits per heavy atom. The predicted molar refractivity (Wildman–Crippen MR) is 88.2 cm³/mol. The molecule has 0 saturated carbocycles. The van der Waals surface area contributed by atoms with Crippen LogP contribution in [0, 0.1) is 0 Å². The van der Waals surface area contributed by atoms with Crippen LogP contribution in [-0.4, -0.2) is 47.7 Å². The lowest BCUT2D eigenvalue weighted by molar-refractivity contribution is -0.139. The van der Waals surface area contributed by atoms with Gasteiger partial charge in [-0.3, -0.25) is 4.79 Å². The van der Waals surface area contributed by atoms with Crippen LogP contribution in [0.3, 0.4) is 0 Å². The molecule has 126 valence electrons. The molecule has 23 heavy (non-hydrogen) atoms. The molecule has 1 amide bonds. The highest BCUT2D eigenvalue weighted by molar-refractivity contribution is 7.10. The molecule has 1 aliphatic rings. The maximum atomic E-state index is 12.0. The smallest absolute Gasteiger partial charge is 0.410 e. The summed E-state index contributed by atoms with van der Waals surface area (Å²) < 4.78 is 10.0. The Morgan fingerprint density at radius 1 is 1.39 bits per heavy atom. The van der Waals surface area contributed by atoms with Crippen molar-refractivity contribution in [2.24, 2.45) is 0 Å². The highest BCUT2D eigenvalue weighted by Gasteiger charge is 2.24. The lowest BCUT2D eigenvalue weighted by Crippen LogP contribution is -2.39. The second-order valence-electron chi connectivity index (χ2n) is 6.30. The molecule has 0 aliphatic carbocycles. The van der Waals surface area contributed by atoms with Crippen molar-refractivity contribution in [1.82, 2.24) is 9.88 Å². The maximum Gasteiger partial charge on any atom is 0.410 e. The van der Waals surface area contributed by atoms with E-state index in [2.05, 4.69) is 9.72 Å². The summed E-state index contributed by atoms with van der Waals surface area (Å²) in [5.74, 6) is -0.296. The second-order valence-corrected chi connectivity index (χ2v) is 7.16. The largest absolute Gasteiger partial charge is 0.469 e. The zero-order chi connectivity index (χ0) is 17.0. The zero-order valence-electron chi connectivity index (χ0n) is 13.9. The third-order valence-corrected chi connectivity index (χ3v) is 4.21. The molecule has 0 atom stereocenters. The van der Waals surface area contributed by atoms with E-state index in [4.69, 9.17) is 4.74 Å². The number of esters is 1. The molecule has 0 fully saturated rings. The van der Waals surface area contributed by atoms with E-state index in [-0.39, 0.29) is 18.5 Å². The first kappa shape index (κ1) is 17.5. The van der Waals surface area contributed by atoms with E-state index in [1.807, 2.05) is 32.2 Å². The third-order valence-electron chi connectivity index (χ3n) is 3.24. The van der Waals surface area contributed by atoms with Crippen molar-refractivity contribution in [3.8, 4) is 0 Å². The van der Waals surface area contributed by atoms with Gasteiger partial charge in [-0.15, -0.1) is 11.3 Å². The first-order chi connectivity index (χ1) is 10.8. The summed E-state index contributed by atoms with van der Waals surface area (Å²) in [5, 5.41) is 2.76. The van der Waals surface area contributed by atoms with Crippen molar-refractivity contribution in [3.05, 3.63) is 22.2 Å². The van der Waals surface area contributed by atoms with Gasteiger partial charge in [0.2, 0.25) is 0 Å². The lowest BCUT2D eigenvalue weighted by Gasteiger charge is -2.29. The van der Waals surface area contributed by atoms with Crippen LogP contribution < -0.4 is 0 Å². The molecule has 0 saturated heterocycles. The fourth-order valence-electron chi connectivity index (χ4n) is 2.11. The number of hydrogen-bond donors (Lipinski definition) is 0. The molecule has 0 bridgehead atoms. The van der Waals surface area contributed by atoms with Gasteiger partial charge in [0.15, 0.2) is 0 Å². The summed E-state index contributed by atoms with van der Waals surface area (Å²) >= 11 is 1.51. The summed E-state index contributed by atoms with van der Waals surface area (Å²) in [5.41, 5.74) is 1.33. The number of methoxy groups -OCH3 is 1. The lowest BCUT2D eigenvalue weighted by atomic mass is 10.1. The van der Waals surface area contributed by atoms with Gasteiger partial charge in [-0.2, -0.15) is 0 Å². The number of ether oxygens (including phenoxy) is 2. The number of rotatable bonds is 3. The Labute approximate surface area is 140 Å². The van der Waals surface area contributed by atoms with Crippen LogP contribution in [0.4, 0.5) is 4.79 Å². The molecule has 1 aromatic heterocycles. The standard InChI is InChI=1S/C16H22N2O4S/c1-16(2,3)22-15(20)18-7-5-11(6-8-18)14-17-12(10-23-14)9-13(19)21-4/h5,10H,6-9H2,1-4H3. The minimum atomic E-state index is -0.487. The molecule has 2 rings (SSSR count). The second kappa shape index (κ2) is 7.12. The van der Waals surface area contributed by atoms with E-state index < -0.39 is 5.60 Å². The first-order valence-electron chi connectivity index (χ1n) is 7.47. The van der Waals surface area contributed by atoms with Gasteiger partial charge in [0, 0.05) is 18.5 Å². The summed E-state index contributed by atoms with van der Waals surface area (Å²) in [6, 6.07) is 0. The van der Waals surface area contributed by atoms with E-state index >= 15 is 0 Å². The Balaban J connectivity index is 1.96. The van der Waals surface area contributed by atoms with Crippen molar-refractivity contribution in [3.63, 3.8) is 0 Å². The van der Waals surface area contributed by atoms with E-state index in [1.54, 1.807) is 4.90 Å². The van der Waals surface area contributed by atoms with Gasteiger partial charge in [-0.25, -0.2) is 9.78 Å². The minimum Gasteiger partial charge on any atom is -0.469 e. The van der Waals surface area contributed by atoms with Gasteiger partial charge in [0.1, 0.15) is 10.6 Å². The van der Waals surface area contributed by atoms with Crippen molar-refractivity contribution < 1.29 is 19.1 Å². The summed E-state index contributed by atoms with van der Waals surface area (Å²) in [6.45, 7) is 6.68. The number of aromatic nitrogens is 1. The normalized spacial score (nSPS) is 15.1. The predicted octanol–water partition coefficient (Wildman–Crippen LogP) is 2.88. The number of amides is 1. The number of carbonyl (C=O) groups is 2. The summed E-state index contributed by atoms with van der Waals surface area (Å²) in [7, 11) is 1.37. The van der Waals surface area contributed by atoms with Crippen molar-refractivity contribution in [2.75, 3.05) is 20.2 Å². The molecule has 0 spiro atoms. The van der Waals surface area contributed by atoms with Crippen LogP contribution >= 0.6 is 11.3 Å². The number of carbonyl (C=O) groups excluding carboxylic acids is 2. The minimum absolute atomic E-state index is 0.185. The molecule has 0 aromatic carbocycles. The quantitative estimate of drug-likeness (QED) is 0.793. The highest BCUT2D eigenvalue weighted by atomic mass is 32.1. The molecule has 0 unspecified atom stereocenters. The van der Waals surface area contributed by atoms with Gasteiger partial charge in [-0.05, 0) is 32.8 Å². The van der Waals surface area contributed by atoms with Gasteiger partial charge < -0.3 is 14.4 Å². The SMILES string of the molecule is COC(=O)Cc1csc(C2=CCN(C(=O)OC(C)(C)C)CC2)n1. The Morgan fingerprint density at radius 3 is 2.70 bits per heavy atom. The van der Waals surface area contributed by atoms with Gasteiger partial charge >= 0.3 is 12.1 Å². The van der Waals surface area contributed by atoms with E-state index in [9.17, 15) is 9.59 Å². The third kappa shape index (κ3) is 5.06.